The van der Waals surface area contributed by atoms with Crippen LogP contribution in [0.25, 0.3) is 0 Å². The van der Waals surface area contributed by atoms with E-state index in [4.69, 9.17) is 11.6 Å². The Kier molecular flexibility index (Phi) is 5.23. The Balaban J connectivity index is 2.45. The molecule has 18 heavy (non-hydrogen) atoms. The highest BCUT2D eigenvalue weighted by molar-refractivity contribution is 6.31. The van der Waals surface area contributed by atoms with Crippen LogP contribution in [0.5, 0.6) is 0 Å². The van der Waals surface area contributed by atoms with E-state index < -0.39 is 0 Å². The molecule has 1 rings (SSSR count). The largest absolute Gasteiger partial charge is 0.312 e. The molecule has 0 aliphatic rings. The fraction of sp³-hybridized carbons (Fsp3) is 0.786. The highest BCUT2D eigenvalue weighted by Crippen LogP contribution is 2.22. The molecule has 0 amide bonds. The lowest BCUT2D eigenvalue weighted by Gasteiger charge is -2.23. The number of hydrogen-bond acceptors (Lipinski definition) is 2. The topological polar surface area (TPSA) is 29.9 Å². The number of nitrogens with zero attached hydrogens (tertiary/aromatic N) is 2. The van der Waals surface area contributed by atoms with Crippen LogP contribution in [-0.2, 0) is 13.5 Å². The SMILES string of the molecule is Cc1nn(C)c(CCC(C)CNC(C)(C)C)c1Cl. The van der Waals surface area contributed by atoms with E-state index in [1.54, 1.807) is 0 Å². The lowest BCUT2D eigenvalue weighted by atomic mass is 10.0. The third-order valence-electron chi connectivity index (χ3n) is 3.12. The Labute approximate surface area is 116 Å². The molecule has 0 aliphatic carbocycles. The molecule has 3 nitrogen and oxygen atoms in total. The van der Waals surface area contributed by atoms with Crippen molar-refractivity contribution in [3.63, 3.8) is 0 Å². The first-order valence-corrected chi connectivity index (χ1v) is 7.01. The van der Waals surface area contributed by atoms with Crippen LogP contribution in [-0.4, -0.2) is 21.9 Å². The van der Waals surface area contributed by atoms with Gasteiger partial charge < -0.3 is 5.32 Å². The number of nitrogens with one attached hydrogen (secondary N) is 1. The van der Waals surface area contributed by atoms with Crippen molar-refractivity contribution in [2.24, 2.45) is 13.0 Å². The van der Waals surface area contributed by atoms with Gasteiger partial charge in [0.2, 0.25) is 0 Å². The van der Waals surface area contributed by atoms with Gasteiger partial charge in [-0.25, -0.2) is 0 Å². The van der Waals surface area contributed by atoms with E-state index in [-0.39, 0.29) is 5.54 Å². The molecule has 0 saturated carbocycles. The van der Waals surface area contributed by atoms with E-state index >= 15 is 0 Å². The second-order valence-corrected chi connectivity index (χ2v) is 6.62. The fourth-order valence-electron chi connectivity index (χ4n) is 1.92. The number of aromatic nitrogens is 2. The van der Waals surface area contributed by atoms with Gasteiger partial charge in [-0.05, 0) is 53.0 Å². The Hall–Kier alpha value is -0.540. The summed E-state index contributed by atoms with van der Waals surface area (Å²) in [6, 6.07) is 0. The third-order valence-corrected chi connectivity index (χ3v) is 3.61. The summed E-state index contributed by atoms with van der Waals surface area (Å²) in [5, 5.41) is 8.71. The molecule has 0 aromatic carbocycles. The predicted octanol–water partition coefficient (Wildman–Crippen LogP) is 3.34. The van der Waals surface area contributed by atoms with Crippen LogP contribution >= 0.6 is 11.6 Å². The van der Waals surface area contributed by atoms with Crippen LogP contribution in [0.15, 0.2) is 0 Å². The molecule has 0 fully saturated rings. The standard InChI is InChI=1S/C14H26ClN3/c1-10(9-16-14(3,4)5)7-8-12-13(15)11(2)17-18(12)6/h10,16H,7-9H2,1-6H3. The molecule has 104 valence electrons. The minimum absolute atomic E-state index is 0.190. The van der Waals surface area contributed by atoms with Crippen LogP contribution < -0.4 is 5.32 Å². The zero-order valence-electron chi connectivity index (χ0n) is 12.5. The summed E-state index contributed by atoms with van der Waals surface area (Å²) < 4.78 is 1.90. The minimum atomic E-state index is 0.190. The summed E-state index contributed by atoms with van der Waals surface area (Å²) in [4.78, 5) is 0. The van der Waals surface area contributed by atoms with Gasteiger partial charge in [-0.3, -0.25) is 4.68 Å². The zero-order valence-corrected chi connectivity index (χ0v) is 13.2. The molecule has 0 saturated heterocycles. The van der Waals surface area contributed by atoms with Gasteiger partial charge in [-0.15, -0.1) is 0 Å². The second-order valence-electron chi connectivity index (χ2n) is 6.24. The third kappa shape index (κ3) is 4.62. The number of rotatable bonds is 5. The smallest absolute Gasteiger partial charge is 0.0846 e. The minimum Gasteiger partial charge on any atom is -0.312 e. The van der Waals surface area contributed by atoms with E-state index in [0.29, 0.717) is 5.92 Å². The van der Waals surface area contributed by atoms with Crippen LogP contribution in [0.4, 0.5) is 0 Å². The maximum atomic E-state index is 6.25. The molecule has 1 heterocycles. The molecular weight excluding hydrogens is 246 g/mol. The van der Waals surface area contributed by atoms with Gasteiger partial charge in [0.05, 0.1) is 16.4 Å². The quantitative estimate of drug-likeness (QED) is 0.890. The van der Waals surface area contributed by atoms with Crippen molar-refractivity contribution in [3.05, 3.63) is 16.4 Å². The molecule has 4 heteroatoms. The number of aryl methyl sites for hydroxylation is 2. The van der Waals surface area contributed by atoms with Crippen molar-refractivity contribution in [1.82, 2.24) is 15.1 Å². The summed E-state index contributed by atoms with van der Waals surface area (Å²) in [5.74, 6) is 0.635. The Bertz CT molecular complexity index is 390. The van der Waals surface area contributed by atoms with E-state index in [1.165, 1.54) is 0 Å². The highest BCUT2D eigenvalue weighted by atomic mass is 35.5. The van der Waals surface area contributed by atoms with Gasteiger partial charge in [-0.2, -0.15) is 5.10 Å². The van der Waals surface area contributed by atoms with Crippen molar-refractivity contribution in [1.29, 1.82) is 0 Å². The van der Waals surface area contributed by atoms with Crippen molar-refractivity contribution < 1.29 is 0 Å². The molecule has 1 aromatic heterocycles. The van der Waals surface area contributed by atoms with Crippen LogP contribution in [0, 0.1) is 12.8 Å². The fourth-order valence-corrected chi connectivity index (χ4v) is 2.17. The summed E-state index contributed by atoms with van der Waals surface area (Å²) in [7, 11) is 1.96. The van der Waals surface area contributed by atoms with Crippen LogP contribution in [0.3, 0.4) is 0 Å². The first-order valence-electron chi connectivity index (χ1n) is 6.63. The van der Waals surface area contributed by atoms with Crippen molar-refractivity contribution in [2.75, 3.05) is 6.54 Å². The lowest BCUT2D eigenvalue weighted by Crippen LogP contribution is -2.38. The van der Waals surface area contributed by atoms with E-state index in [2.05, 4.69) is 38.1 Å². The molecule has 0 spiro atoms. The van der Waals surface area contributed by atoms with Gasteiger partial charge in [0.25, 0.3) is 0 Å². The molecular formula is C14H26ClN3. The summed E-state index contributed by atoms with van der Waals surface area (Å²) in [6.45, 7) is 11.9. The lowest BCUT2D eigenvalue weighted by molar-refractivity contribution is 0.371. The van der Waals surface area contributed by atoms with Crippen molar-refractivity contribution >= 4 is 11.6 Å². The molecule has 1 aromatic rings. The van der Waals surface area contributed by atoms with Crippen molar-refractivity contribution in [3.8, 4) is 0 Å². The monoisotopic (exact) mass is 271 g/mol. The first kappa shape index (κ1) is 15.5. The van der Waals surface area contributed by atoms with Crippen LogP contribution in [0.1, 0.15) is 45.5 Å². The van der Waals surface area contributed by atoms with E-state index in [9.17, 15) is 0 Å². The number of hydrogen-bond donors (Lipinski definition) is 1. The summed E-state index contributed by atoms with van der Waals surface area (Å²) in [5.41, 5.74) is 2.26. The highest BCUT2D eigenvalue weighted by Gasteiger charge is 2.14. The normalized spacial score (nSPS) is 13.9. The van der Waals surface area contributed by atoms with Gasteiger partial charge in [0.1, 0.15) is 0 Å². The van der Waals surface area contributed by atoms with E-state index in [1.807, 2.05) is 18.7 Å². The molecule has 0 radical (unpaired) electrons. The first-order chi connectivity index (χ1) is 8.20. The Morgan fingerprint density at radius 3 is 2.44 bits per heavy atom. The van der Waals surface area contributed by atoms with Gasteiger partial charge in [0, 0.05) is 12.6 Å². The average molecular weight is 272 g/mol. The van der Waals surface area contributed by atoms with Gasteiger partial charge in [0.15, 0.2) is 0 Å². The van der Waals surface area contributed by atoms with Crippen LogP contribution in [0.2, 0.25) is 5.02 Å². The van der Waals surface area contributed by atoms with Gasteiger partial charge >= 0.3 is 0 Å². The number of halogens is 1. The molecule has 1 N–H and O–H groups in total. The Morgan fingerprint density at radius 2 is 2.00 bits per heavy atom. The van der Waals surface area contributed by atoms with Gasteiger partial charge in [-0.1, -0.05) is 18.5 Å². The summed E-state index contributed by atoms with van der Waals surface area (Å²) >= 11 is 6.25. The maximum absolute atomic E-state index is 6.25. The predicted molar refractivity (Wildman–Crippen MR) is 78.2 cm³/mol. The zero-order chi connectivity index (χ0) is 13.9. The Morgan fingerprint density at radius 1 is 1.39 bits per heavy atom. The maximum Gasteiger partial charge on any atom is 0.0846 e. The molecule has 0 aliphatic heterocycles. The van der Waals surface area contributed by atoms with Crippen molar-refractivity contribution in [2.45, 2.75) is 53.0 Å². The molecule has 0 bridgehead atoms. The summed E-state index contributed by atoms with van der Waals surface area (Å²) in [6.07, 6.45) is 2.12. The average Bonchev–Trinajstić information content (AvgIpc) is 2.47. The van der Waals surface area contributed by atoms with E-state index in [0.717, 1.165) is 35.8 Å². The second kappa shape index (κ2) is 6.07. The molecule has 1 atom stereocenters. The molecule has 1 unspecified atom stereocenters.